The highest BCUT2D eigenvalue weighted by atomic mass is 32.2. The highest BCUT2D eigenvalue weighted by Gasteiger charge is 2.42. The molecule has 3 rings (SSSR count). The van der Waals surface area contributed by atoms with Gasteiger partial charge in [0.15, 0.2) is 11.9 Å². The van der Waals surface area contributed by atoms with E-state index in [4.69, 9.17) is 0 Å². The van der Waals surface area contributed by atoms with Crippen LogP contribution in [0.4, 0.5) is 13.2 Å². The number of benzene rings is 2. The molecule has 0 aliphatic carbocycles. The number of carbonyl (C=O) groups excluding carboxylic acids is 2. The number of fused-ring (bicyclic) bond motifs is 1. The smallest absolute Gasteiger partial charge is 0.386 e. The zero-order valence-corrected chi connectivity index (χ0v) is 21.0. The molecule has 1 aliphatic rings. The summed E-state index contributed by atoms with van der Waals surface area (Å²) in [5.74, 6) is -3.42. The summed E-state index contributed by atoms with van der Waals surface area (Å²) in [5, 5.41) is 5.29. The molecule has 0 spiro atoms. The summed E-state index contributed by atoms with van der Waals surface area (Å²) in [6.07, 6.45) is -2.72. The largest absolute Gasteiger partial charge is 0.491 e. The van der Waals surface area contributed by atoms with Gasteiger partial charge in [-0.05, 0) is 40.7 Å². The third-order valence-electron chi connectivity index (χ3n) is 5.57. The molecule has 1 atom stereocenters. The maximum Gasteiger partial charge on any atom is 0.491 e. The van der Waals surface area contributed by atoms with Crippen LogP contribution in [-0.4, -0.2) is 56.8 Å². The maximum atomic E-state index is 12.5. The van der Waals surface area contributed by atoms with E-state index in [0.717, 1.165) is 20.6 Å². The average molecular weight is 541 g/mol. The van der Waals surface area contributed by atoms with Crippen LogP contribution < -0.4 is 15.0 Å². The highest BCUT2D eigenvalue weighted by Crippen LogP contribution is 2.22. The van der Waals surface area contributed by atoms with Crippen molar-refractivity contribution in [2.75, 3.05) is 14.1 Å². The number of amidine groups is 1. The molecule has 0 bridgehead atoms. The molecule has 1 heterocycles. The van der Waals surface area contributed by atoms with E-state index >= 15 is 0 Å². The van der Waals surface area contributed by atoms with Crippen molar-refractivity contribution in [1.29, 1.82) is 0 Å². The summed E-state index contributed by atoms with van der Waals surface area (Å²) in [5.41, 5.74) is 1.57. The van der Waals surface area contributed by atoms with E-state index in [1.807, 2.05) is 42.5 Å². The van der Waals surface area contributed by atoms with Gasteiger partial charge in [0.05, 0.1) is 0 Å². The van der Waals surface area contributed by atoms with E-state index in [1.54, 1.807) is 6.20 Å². The Morgan fingerprint density at radius 1 is 1.08 bits per heavy atom. The normalized spacial score (nSPS) is 14.8. The third kappa shape index (κ3) is 7.84. The van der Waals surface area contributed by atoms with Gasteiger partial charge in [0.2, 0.25) is 0 Å². The Hall–Kier alpha value is -3.29. The Morgan fingerprint density at radius 2 is 1.78 bits per heavy atom. The molecule has 13 heteroatoms. The van der Waals surface area contributed by atoms with Gasteiger partial charge in [-0.2, -0.15) is 30.6 Å². The molecular formula is C24H27F3N4O5S+. The van der Waals surface area contributed by atoms with Crippen LogP contribution in [0.1, 0.15) is 37.7 Å². The SMILES string of the molecule is CN(C)S(=O)(=O)NC(CCCCCC(=O)OC(=O)C(F)(F)F)C1=[N+]C=C(c2ccc3ccccc3c2)N1. The van der Waals surface area contributed by atoms with Gasteiger partial charge in [-0.1, -0.05) is 43.2 Å². The van der Waals surface area contributed by atoms with Gasteiger partial charge >= 0.3 is 24.0 Å². The van der Waals surface area contributed by atoms with Crippen molar-refractivity contribution in [2.24, 2.45) is 0 Å². The van der Waals surface area contributed by atoms with Gasteiger partial charge in [0, 0.05) is 26.1 Å². The third-order valence-corrected chi connectivity index (χ3v) is 7.11. The Morgan fingerprint density at radius 3 is 2.46 bits per heavy atom. The predicted octanol–water partition coefficient (Wildman–Crippen LogP) is 2.82. The lowest BCUT2D eigenvalue weighted by Gasteiger charge is -2.18. The number of halogens is 3. The van der Waals surface area contributed by atoms with Gasteiger partial charge in [-0.15, -0.1) is 0 Å². The molecule has 1 aliphatic heterocycles. The van der Waals surface area contributed by atoms with Gasteiger partial charge in [-0.3, -0.25) is 4.79 Å². The first kappa shape index (κ1) is 28.3. The molecule has 0 aromatic heterocycles. The van der Waals surface area contributed by atoms with Gasteiger partial charge in [0.1, 0.15) is 6.04 Å². The zero-order chi connectivity index (χ0) is 27.2. The molecular weight excluding hydrogens is 513 g/mol. The first-order chi connectivity index (χ1) is 17.4. The van der Waals surface area contributed by atoms with Crippen LogP contribution in [-0.2, 0) is 24.5 Å². The number of unbranched alkanes of at least 4 members (excludes halogenated alkanes) is 2. The molecule has 199 valence electrons. The molecule has 1 unspecified atom stereocenters. The number of esters is 2. The quantitative estimate of drug-likeness (QED) is 0.257. The second-order valence-electron chi connectivity index (χ2n) is 8.56. The maximum absolute atomic E-state index is 12.5. The van der Waals surface area contributed by atoms with E-state index in [9.17, 15) is 31.2 Å². The van der Waals surface area contributed by atoms with E-state index in [-0.39, 0.29) is 12.8 Å². The Bertz CT molecular complexity index is 1320. The summed E-state index contributed by atoms with van der Waals surface area (Å²) in [4.78, 5) is 26.5. The van der Waals surface area contributed by atoms with E-state index in [2.05, 4.69) is 19.8 Å². The zero-order valence-electron chi connectivity index (χ0n) is 20.2. The topological polar surface area (TPSA) is 119 Å². The van der Waals surface area contributed by atoms with Crippen molar-refractivity contribution in [3.05, 3.63) is 54.2 Å². The number of hydrogen-bond acceptors (Lipinski definition) is 7. The summed E-state index contributed by atoms with van der Waals surface area (Å²) in [7, 11) is -1.04. The fraction of sp³-hybridized carbons (Fsp3) is 0.375. The number of rotatable bonds is 11. The van der Waals surface area contributed by atoms with E-state index < -0.39 is 34.4 Å². The molecule has 0 amide bonds. The van der Waals surface area contributed by atoms with Crippen LogP contribution in [0.2, 0.25) is 0 Å². The molecule has 0 fully saturated rings. The number of nitrogens with one attached hydrogen (secondary N) is 2. The summed E-state index contributed by atoms with van der Waals surface area (Å²) < 4.78 is 68.9. The molecule has 0 saturated carbocycles. The number of alkyl halides is 3. The predicted molar refractivity (Wildman–Crippen MR) is 132 cm³/mol. The van der Waals surface area contributed by atoms with Crippen LogP contribution in [0.25, 0.3) is 16.5 Å². The number of nitrogens with zero attached hydrogens (tertiary/aromatic N) is 2. The van der Waals surface area contributed by atoms with Crippen molar-refractivity contribution in [3.8, 4) is 0 Å². The van der Waals surface area contributed by atoms with E-state index in [0.29, 0.717) is 30.8 Å². The molecule has 37 heavy (non-hydrogen) atoms. The van der Waals surface area contributed by atoms with Crippen LogP contribution in [0.15, 0.2) is 48.7 Å². The van der Waals surface area contributed by atoms with Crippen molar-refractivity contribution in [2.45, 2.75) is 44.3 Å². The van der Waals surface area contributed by atoms with Crippen LogP contribution in [0, 0.1) is 0 Å². The lowest BCUT2D eigenvalue weighted by atomic mass is 10.0. The lowest BCUT2D eigenvalue weighted by Crippen LogP contribution is -2.49. The molecule has 0 saturated heterocycles. The fourth-order valence-electron chi connectivity index (χ4n) is 3.56. The van der Waals surface area contributed by atoms with E-state index in [1.165, 1.54) is 14.1 Å². The number of aliphatic imine (C=N–C) groups is 1. The minimum Gasteiger partial charge on any atom is -0.386 e. The van der Waals surface area contributed by atoms with Crippen LogP contribution >= 0.6 is 0 Å². The van der Waals surface area contributed by atoms with Gasteiger partial charge < -0.3 is 4.74 Å². The number of carbonyl (C=O) groups is 2. The minimum absolute atomic E-state index is 0.164. The van der Waals surface area contributed by atoms with Gasteiger partial charge in [-0.25, -0.2) is 10.1 Å². The molecule has 2 aromatic carbocycles. The lowest BCUT2D eigenvalue weighted by molar-refractivity contribution is -0.201. The molecule has 2 aromatic rings. The summed E-state index contributed by atoms with van der Waals surface area (Å²) in [6, 6.07) is 13.0. The summed E-state index contributed by atoms with van der Waals surface area (Å²) in [6.45, 7) is 0. The first-order valence-electron chi connectivity index (χ1n) is 11.4. The Labute approximate surface area is 212 Å². The van der Waals surface area contributed by atoms with Crippen LogP contribution in [0.5, 0.6) is 0 Å². The van der Waals surface area contributed by atoms with Crippen LogP contribution in [0.3, 0.4) is 0 Å². The molecule has 1 radical (unpaired) electrons. The van der Waals surface area contributed by atoms with Crippen molar-refractivity contribution >= 4 is 44.5 Å². The summed E-state index contributed by atoms with van der Waals surface area (Å²) >= 11 is 0. The van der Waals surface area contributed by atoms with Crippen molar-refractivity contribution in [3.63, 3.8) is 0 Å². The number of ether oxygens (including phenoxy) is 1. The monoisotopic (exact) mass is 540 g/mol. The first-order valence-corrected chi connectivity index (χ1v) is 12.9. The molecule has 9 nitrogen and oxygen atoms in total. The average Bonchev–Trinajstić information content (AvgIpc) is 3.32. The van der Waals surface area contributed by atoms with Crippen molar-refractivity contribution < 1.29 is 35.9 Å². The minimum atomic E-state index is -5.23. The highest BCUT2D eigenvalue weighted by molar-refractivity contribution is 7.87. The number of hydrogen-bond donors (Lipinski definition) is 2. The standard InChI is InChI=1S/C24H27F3N4O5S/c1-31(2)37(34,35)30-19(10-4-3-5-11-21(32)36-23(33)24(25,26)27)22-28-15-20(29-22)18-13-12-16-8-6-7-9-17(16)14-18/h6-9,12-15,19,29-30H,3-5,10-11H2,1-2H3/q+1. The second-order valence-corrected chi connectivity index (χ2v) is 10.5. The fourth-order valence-corrected chi connectivity index (χ4v) is 4.36. The Kier molecular flexibility index (Phi) is 9.05. The van der Waals surface area contributed by atoms with Gasteiger partial charge in [0.25, 0.3) is 10.2 Å². The Balaban J connectivity index is 1.58. The van der Waals surface area contributed by atoms with Crippen molar-refractivity contribution in [1.82, 2.24) is 19.3 Å². The second kappa shape index (κ2) is 11.8. The molecule has 2 N–H and O–H groups in total.